The van der Waals surface area contributed by atoms with Crippen molar-refractivity contribution in [2.75, 3.05) is 7.05 Å². The van der Waals surface area contributed by atoms with Crippen molar-refractivity contribution in [2.45, 2.75) is 37.7 Å². The fourth-order valence-corrected chi connectivity index (χ4v) is 3.17. The molecule has 0 saturated heterocycles. The summed E-state index contributed by atoms with van der Waals surface area (Å²) in [7, 11) is -2.52. The number of nitrogens with zero attached hydrogens (tertiary/aromatic N) is 1. The molecule has 0 saturated carbocycles. The second-order valence-electron chi connectivity index (χ2n) is 5.20. The normalized spacial score (nSPS) is 15.0. The molecule has 1 aromatic carbocycles. The van der Waals surface area contributed by atoms with Crippen molar-refractivity contribution in [1.29, 1.82) is 0 Å². The Kier molecular flexibility index (Phi) is 5.43. The van der Waals surface area contributed by atoms with E-state index in [1.807, 2.05) is 13.8 Å². The predicted molar refractivity (Wildman–Crippen MR) is 78.6 cm³/mol. The highest BCUT2D eigenvalue weighted by molar-refractivity contribution is 7.89. The lowest BCUT2D eigenvalue weighted by molar-refractivity contribution is -0.386. The number of aliphatic hydroxyl groups excluding tert-OH is 1. The SMILES string of the molecule is CNS(=O)(=O)c1ccc(C(C(C)C)C(C)O)c([N+](=O)[O-])c1. The van der Waals surface area contributed by atoms with Crippen LogP contribution in [0.3, 0.4) is 0 Å². The number of hydrogen-bond acceptors (Lipinski definition) is 5. The van der Waals surface area contributed by atoms with Crippen LogP contribution in [0.1, 0.15) is 32.3 Å². The van der Waals surface area contributed by atoms with Crippen LogP contribution in [0.4, 0.5) is 5.69 Å². The van der Waals surface area contributed by atoms with Crippen molar-refractivity contribution in [2.24, 2.45) is 5.92 Å². The molecule has 0 spiro atoms. The van der Waals surface area contributed by atoms with E-state index in [2.05, 4.69) is 4.72 Å². The van der Waals surface area contributed by atoms with Gasteiger partial charge in [-0.05, 0) is 26.0 Å². The van der Waals surface area contributed by atoms with Gasteiger partial charge in [0, 0.05) is 17.5 Å². The van der Waals surface area contributed by atoms with E-state index in [-0.39, 0.29) is 16.5 Å². The molecule has 0 bridgehead atoms. The van der Waals surface area contributed by atoms with Crippen LogP contribution in [0, 0.1) is 16.0 Å². The van der Waals surface area contributed by atoms with Gasteiger partial charge in [0.1, 0.15) is 0 Å². The molecule has 1 rings (SSSR count). The molecule has 7 nitrogen and oxygen atoms in total. The minimum Gasteiger partial charge on any atom is -0.393 e. The summed E-state index contributed by atoms with van der Waals surface area (Å²) >= 11 is 0. The van der Waals surface area contributed by atoms with Gasteiger partial charge in [0.05, 0.1) is 15.9 Å². The second kappa shape index (κ2) is 6.50. The van der Waals surface area contributed by atoms with Crippen LogP contribution in [0.25, 0.3) is 0 Å². The first-order valence-corrected chi connectivity index (χ1v) is 8.00. The Bertz CT molecular complexity index is 617. The first-order chi connectivity index (χ1) is 9.61. The van der Waals surface area contributed by atoms with Crippen LogP contribution in [-0.4, -0.2) is 31.6 Å². The molecule has 118 valence electrons. The van der Waals surface area contributed by atoms with E-state index >= 15 is 0 Å². The van der Waals surface area contributed by atoms with Gasteiger partial charge in [-0.1, -0.05) is 19.9 Å². The maximum atomic E-state index is 11.7. The lowest BCUT2D eigenvalue weighted by atomic mass is 9.83. The van der Waals surface area contributed by atoms with Crippen LogP contribution in [0.5, 0.6) is 0 Å². The summed E-state index contributed by atoms with van der Waals surface area (Å²) in [6.45, 7) is 5.26. The van der Waals surface area contributed by atoms with Gasteiger partial charge in [-0.25, -0.2) is 13.1 Å². The first kappa shape index (κ1) is 17.5. The minimum absolute atomic E-state index is 0.0320. The molecule has 2 unspecified atom stereocenters. The molecule has 0 aliphatic rings. The Morgan fingerprint density at radius 3 is 2.24 bits per heavy atom. The molecule has 21 heavy (non-hydrogen) atoms. The molecular formula is C13H20N2O5S. The van der Waals surface area contributed by atoms with Crippen LogP contribution in [-0.2, 0) is 10.0 Å². The van der Waals surface area contributed by atoms with Crippen LogP contribution in [0.15, 0.2) is 23.1 Å². The van der Waals surface area contributed by atoms with Crippen molar-refractivity contribution >= 4 is 15.7 Å². The molecule has 0 heterocycles. The molecule has 2 N–H and O–H groups in total. The van der Waals surface area contributed by atoms with Crippen molar-refractivity contribution in [3.63, 3.8) is 0 Å². The molecular weight excluding hydrogens is 296 g/mol. The zero-order valence-electron chi connectivity index (χ0n) is 12.4. The Morgan fingerprint density at radius 2 is 1.86 bits per heavy atom. The summed E-state index contributed by atoms with van der Waals surface area (Å²) in [5, 5.41) is 21.1. The molecule has 1 aromatic rings. The quantitative estimate of drug-likeness (QED) is 0.612. The Morgan fingerprint density at radius 1 is 1.29 bits per heavy atom. The number of aliphatic hydroxyl groups is 1. The summed E-state index contributed by atoms with van der Waals surface area (Å²) in [6.07, 6.45) is -0.782. The maximum Gasteiger partial charge on any atom is 0.274 e. The van der Waals surface area contributed by atoms with E-state index in [0.29, 0.717) is 5.56 Å². The smallest absolute Gasteiger partial charge is 0.274 e. The predicted octanol–water partition coefficient (Wildman–Crippen LogP) is 1.62. The molecule has 0 radical (unpaired) electrons. The molecule has 0 aliphatic heterocycles. The third-order valence-corrected chi connectivity index (χ3v) is 4.79. The first-order valence-electron chi connectivity index (χ1n) is 6.51. The standard InChI is InChI=1S/C13H20N2O5S/c1-8(2)13(9(3)16)11-6-5-10(21(19,20)14-4)7-12(11)15(17)18/h5-9,13-14,16H,1-4H3. The van der Waals surface area contributed by atoms with Crippen LogP contribution < -0.4 is 4.72 Å². The van der Waals surface area contributed by atoms with Gasteiger partial charge in [0.25, 0.3) is 5.69 Å². The highest BCUT2D eigenvalue weighted by Gasteiger charge is 2.30. The molecule has 0 fully saturated rings. The molecule has 8 heteroatoms. The van der Waals surface area contributed by atoms with Gasteiger partial charge in [-0.3, -0.25) is 10.1 Å². The number of nitro groups is 1. The van der Waals surface area contributed by atoms with E-state index in [0.717, 1.165) is 6.07 Å². The van der Waals surface area contributed by atoms with E-state index in [9.17, 15) is 23.6 Å². The van der Waals surface area contributed by atoms with Gasteiger partial charge < -0.3 is 5.11 Å². The third kappa shape index (κ3) is 3.78. The van der Waals surface area contributed by atoms with Crippen molar-refractivity contribution in [1.82, 2.24) is 4.72 Å². The highest BCUT2D eigenvalue weighted by atomic mass is 32.2. The van der Waals surface area contributed by atoms with Gasteiger partial charge in [-0.2, -0.15) is 0 Å². The van der Waals surface area contributed by atoms with Crippen LogP contribution >= 0.6 is 0 Å². The number of rotatable bonds is 6. The summed E-state index contributed by atoms with van der Waals surface area (Å²) in [4.78, 5) is 10.5. The van der Waals surface area contributed by atoms with Gasteiger partial charge >= 0.3 is 0 Å². The van der Waals surface area contributed by atoms with Gasteiger partial charge in [-0.15, -0.1) is 0 Å². The monoisotopic (exact) mass is 316 g/mol. The van der Waals surface area contributed by atoms with Gasteiger partial charge in [0.15, 0.2) is 0 Å². The third-order valence-electron chi connectivity index (χ3n) is 3.37. The Hall–Kier alpha value is -1.51. The van der Waals surface area contributed by atoms with Crippen molar-refractivity contribution in [3.8, 4) is 0 Å². The van der Waals surface area contributed by atoms with Crippen molar-refractivity contribution in [3.05, 3.63) is 33.9 Å². The molecule has 2 atom stereocenters. The van der Waals surface area contributed by atoms with Gasteiger partial charge in [0.2, 0.25) is 10.0 Å². The van der Waals surface area contributed by atoms with E-state index in [1.165, 1.54) is 19.2 Å². The number of sulfonamides is 1. The van der Waals surface area contributed by atoms with E-state index < -0.39 is 27.0 Å². The highest BCUT2D eigenvalue weighted by Crippen LogP contribution is 2.35. The maximum absolute atomic E-state index is 11.7. The number of hydrogen-bond donors (Lipinski definition) is 2. The summed E-state index contributed by atoms with van der Waals surface area (Å²) < 4.78 is 25.6. The fraction of sp³-hybridized carbons (Fsp3) is 0.538. The Balaban J connectivity index is 3.52. The number of nitro benzene ring substituents is 1. The second-order valence-corrected chi connectivity index (χ2v) is 7.08. The minimum atomic E-state index is -3.75. The fourth-order valence-electron chi connectivity index (χ4n) is 2.42. The van der Waals surface area contributed by atoms with Crippen LogP contribution in [0.2, 0.25) is 0 Å². The lowest BCUT2D eigenvalue weighted by Gasteiger charge is -2.24. The average Bonchev–Trinajstić information content (AvgIpc) is 2.37. The zero-order chi connectivity index (χ0) is 16.4. The van der Waals surface area contributed by atoms with E-state index in [1.54, 1.807) is 6.92 Å². The molecule has 0 amide bonds. The van der Waals surface area contributed by atoms with E-state index in [4.69, 9.17) is 0 Å². The lowest BCUT2D eigenvalue weighted by Crippen LogP contribution is -2.22. The van der Waals surface area contributed by atoms with Crippen molar-refractivity contribution < 1.29 is 18.4 Å². The topological polar surface area (TPSA) is 110 Å². The summed E-state index contributed by atoms with van der Waals surface area (Å²) in [5.41, 5.74) is 0.0333. The zero-order valence-corrected chi connectivity index (χ0v) is 13.2. The molecule has 0 aromatic heterocycles. The Labute approximate surface area is 124 Å². The number of benzene rings is 1. The molecule has 0 aliphatic carbocycles. The largest absolute Gasteiger partial charge is 0.393 e. The summed E-state index contributed by atoms with van der Waals surface area (Å²) in [6, 6.07) is 3.74. The average molecular weight is 316 g/mol. The summed E-state index contributed by atoms with van der Waals surface area (Å²) in [5.74, 6) is -0.479. The number of nitrogens with one attached hydrogen (secondary N) is 1.